The SMILES string of the molecule is CCN1C(=O)/C(=C\c2cc(Br)c(OCc3cccc([N+](=O)[O-])c3)c(Br)c2)c2ccccc21. The lowest BCUT2D eigenvalue weighted by molar-refractivity contribution is -0.384. The number of hydrogen-bond acceptors (Lipinski definition) is 4. The van der Waals surface area contributed by atoms with Gasteiger partial charge in [0.25, 0.3) is 11.6 Å². The molecule has 1 heterocycles. The molecule has 1 amide bonds. The molecular formula is C24H18Br2N2O4. The molecule has 32 heavy (non-hydrogen) atoms. The van der Waals surface area contributed by atoms with Gasteiger partial charge in [0.05, 0.1) is 19.6 Å². The van der Waals surface area contributed by atoms with Gasteiger partial charge in [-0.05, 0) is 74.2 Å². The number of carbonyl (C=O) groups is 1. The Labute approximate surface area is 201 Å². The Hall–Kier alpha value is -2.97. The van der Waals surface area contributed by atoms with Crippen LogP contribution in [0.1, 0.15) is 23.6 Å². The lowest BCUT2D eigenvalue weighted by Gasteiger charge is -2.13. The van der Waals surface area contributed by atoms with Crippen molar-refractivity contribution in [1.82, 2.24) is 0 Å². The fourth-order valence-electron chi connectivity index (χ4n) is 3.64. The highest BCUT2D eigenvalue weighted by atomic mass is 79.9. The predicted octanol–water partition coefficient (Wildman–Crippen LogP) is 6.61. The van der Waals surface area contributed by atoms with Gasteiger partial charge in [-0.1, -0.05) is 30.3 Å². The first-order chi connectivity index (χ1) is 15.4. The number of nitro benzene ring substituents is 1. The molecule has 0 unspecified atom stereocenters. The predicted molar refractivity (Wildman–Crippen MR) is 132 cm³/mol. The van der Waals surface area contributed by atoms with Crippen LogP contribution in [0.3, 0.4) is 0 Å². The Kier molecular flexibility index (Phi) is 6.43. The van der Waals surface area contributed by atoms with Gasteiger partial charge < -0.3 is 9.64 Å². The summed E-state index contributed by atoms with van der Waals surface area (Å²) in [6, 6.07) is 17.9. The highest BCUT2D eigenvalue weighted by molar-refractivity contribution is 9.11. The number of nitro groups is 1. The summed E-state index contributed by atoms with van der Waals surface area (Å²) < 4.78 is 7.32. The molecule has 0 saturated carbocycles. The average molecular weight is 558 g/mol. The number of nitrogens with zero attached hydrogens (tertiary/aromatic N) is 2. The Balaban J connectivity index is 1.60. The number of rotatable bonds is 6. The van der Waals surface area contributed by atoms with Gasteiger partial charge in [-0.3, -0.25) is 14.9 Å². The zero-order valence-electron chi connectivity index (χ0n) is 17.0. The molecule has 0 bridgehead atoms. The summed E-state index contributed by atoms with van der Waals surface area (Å²) in [5, 5.41) is 11.0. The zero-order chi connectivity index (χ0) is 22.8. The van der Waals surface area contributed by atoms with Crippen LogP contribution >= 0.6 is 31.9 Å². The molecule has 6 nitrogen and oxygen atoms in total. The molecule has 0 aliphatic carbocycles. The molecule has 0 N–H and O–H groups in total. The smallest absolute Gasteiger partial charge is 0.269 e. The van der Waals surface area contributed by atoms with E-state index in [2.05, 4.69) is 31.9 Å². The van der Waals surface area contributed by atoms with Crippen LogP contribution in [-0.4, -0.2) is 17.4 Å². The first-order valence-corrected chi connectivity index (χ1v) is 11.5. The van der Waals surface area contributed by atoms with Crippen LogP contribution in [0.5, 0.6) is 5.75 Å². The molecule has 0 fully saturated rings. The van der Waals surface area contributed by atoms with Crippen LogP contribution in [0.4, 0.5) is 11.4 Å². The summed E-state index contributed by atoms with van der Waals surface area (Å²) in [7, 11) is 0. The number of para-hydroxylation sites is 1. The molecule has 3 aromatic carbocycles. The normalized spacial score (nSPS) is 14.0. The maximum Gasteiger partial charge on any atom is 0.269 e. The van der Waals surface area contributed by atoms with E-state index in [4.69, 9.17) is 4.74 Å². The standard InChI is InChI=1S/C24H18Br2N2O4/c1-2-27-22-9-4-3-8-18(22)19(24(27)29)11-16-12-20(25)23(21(26)13-16)32-14-15-6-5-7-17(10-15)28(30)31/h3-13H,2,14H2,1H3/b19-11-. The van der Waals surface area contributed by atoms with Gasteiger partial charge in [-0.2, -0.15) is 0 Å². The number of fused-ring (bicyclic) bond motifs is 1. The van der Waals surface area contributed by atoms with Crippen LogP contribution in [0.25, 0.3) is 11.6 Å². The third kappa shape index (κ3) is 4.33. The number of hydrogen-bond donors (Lipinski definition) is 0. The second kappa shape index (κ2) is 9.26. The molecule has 0 aromatic heterocycles. The minimum atomic E-state index is -0.431. The van der Waals surface area contributed by atoms with Crippen molar-refractivity contribution in [3.05, 3.63) is 96.4 Å². The molecule has 0 radical (unpaired) electrons. The summed E-state index contributed by atoms with van der Waals surface area (Å²) in [6.45, 7) is 2.74. The monoisotopic (exact) mass is 556 g/mol. The molecule has 0 spiro atoms. The van der Waals surface area contributed by atoms with Gasteiger partial charge in [-0.25, -0.2) is 0 Å². The van der Waals surface area contributed by atoms with Crippen molar-refractivity contribution < 1.29 is 14.5 Å². The molecular weight excluding hydrogens is 540 g/mol. The number of ether oxygens (including phenoxy) is 1. The van der Waals surface area contributed by atoms with Crippen molar-refractivity contribution >= 4 is 60.8 Å². The van der Waals surface area contributed by atoms with Crippen molar-refractivity contribution in [2.75, 3.05) is 11.4 Å². The van der Waals surface area contributed by atoms with Gasteiger partial charge in [0.1, 0.15) is 12.4 Å². The van der Waals surface area contributed by atoms with E-state index in [0.29, 0.717) is 32.4 Å². The number of amides is 1. The third-order valence-electron chi connectivity index (χ3n) is 5.11. The highest BCUT2D eigenvalue weighted by Gasteiger charge is 2.30. The molecule has 162 valence electrons. The Morgan fingerprint density at radius 1 is 1.06 bits per heavy atom. The molecule has 0 saturated heterocycles. The Morgan fingerprint density at radius 2 is 1.78 bits per heavy atom. The van der Waals surface area contributed by atoms with Gasteiger partial charge in [-0.15, -0.1) is 0 Å². The van der Waals surface area contributed by atoms with Crippen molar-refractivity contribution in [2.24, 2.45) is 0 Å². The number of non-ortho nitro benzene ring substituents is 1. The molecule has 3 aromatic rings. The maximum absolute atomic E-state index is 12.9. The topological polar surface area (TPSA) is 72.7 Å². The lowest BCUT2D eigenvalue weighted by Crippen LogP contribution is -2.25. The zero-order valence-corrected chi connectivity index (χ0v) is 20.2. The fraction of sp³-hybridized carbons (Fsp3) is 0.125. The first kappa shape index (κ1) is 22.2. The quantitative estimate of drug-likeness (QED) is 0.194. The number of anilines is 1. The van der Waals surface area contributed by atoms with Crippen molar-refractivity contribution in [1.29, 1.82) is 0 Å². The first-order valence-electron chi connectivity index (χ1n) is 9.87. The molecule has 0 atom stereocenters. The van der Waals surface area contributed by atoms with Gasteiger partial charge in [0, 0.05) is 29.8 Å². The minimum absolute atomic E-state index is 0.0213. The van der Waals surface area contributed by atoms with Crippen LogP contribution in [0.2, 0.25) is 0 Å². The van der Waals surface area contributed by atoms with E-state index in [1.54, 1.807) is 17.0 Å². The van der Waals surface area contributed by atoms with Gasteiger partial charge in [0.2, 0.25) is 0 Å². The van der Waals surface area contributed by atoms with E-state index < -0.39 is 4.92 Å². The summed E-state index contributed by atoms with van der Waals surface area (Å²) in [6.07, 6.45) is 1.87. The van der Waals surface area contributed by atoms with E-state index in [-0.39, 0.29) is 18.2 Å². The summed E-state index contributed by atoms with van der Waals surface area (Å²) in [5.41, 5.74) is 4.03. The summed E-state index contributed by atoms with van der Waals surface area (Å²) >= 11 is 7.09. The summed E-state index contributed by atoms with van der Waals surface area (Å²) in [4.78, 5) is 25.2. The van der Waals surface area contributed by atoms with Crippen molar-refractivity contribution in [2.45, 2.75) is 13.5 Å². The highest BCUT2D eigenvalue weighted by Crippen LogP contribution is 2.40. The van der Waals surface area contributed by atoms with Crippen LogP contribution in [0, 0.1) is 10.1 Å². The number of benzene rings is 3. The molecule has 1 aliphatic heterocycles. The minimum Gasteiger partial charge on any atom is -0.487 e. The van der Waals surface area contributed by atoms with E-state index in [9.17, 15) is 14.9 Å². The molecule has 8 heteroatoms. The number of likely N-dealkylation sites (N-methyl/N-ethyl adjacent to an activating group) is 1. The lowest BCUT2D eigenvalue weighted by atomic mass is 10.0. The van der Waals surface area contributed by atoms with Gasteiger partial charge >= 0.3 is 0 Å². The summed E-state index contributed by atoms with van der Waals surface area (Å²) in [5.74, 6) is 0.555. The van der Waals surface area contributed by atoms with E-state index in [1.165, 1.54) is 12.1 Å². The molecule has 4 rings (SSSR count). The van der Waals surface area contributed by atoms with E-state index in [0.717, 1.165) is 16.8 Å². The van der Waals surface area contributed by atoms with Crippen LogP contribution < -0.4 is 9.64 Å². The molecule has 1 aliphatic rings. The Morgan fingerprint density at radius 3 is 2.47 bits per heavy atom. The van der Waals surface area contributed by atoms with Crippen molar-refractivity contribution in [3.8, 4) is 5.75 Å². The van der Waals surface area contributed by atoms with Crippen LogP contribution in [-0.2, 0) is 11.4 Å². The maximum atomic E-state index is 12.9. The fourth-order valence-corrected chi connectivity index (χ4v) is 5.09. The van der Waals surface area contributed by atoms with Gasteiger partial charge in [0.15, 0.2) is 0 Å². The third-order valence-corrected chi connectivity index (χ3v) is 6.29. The van der Waals surface area contributed by atoms with Crippen molar-refractivity contribution in [3.63, 3.8) is 0 Å². The number of halogens is 2. The Bertz CT molecular complexity index is 1230. The largest absolute Gasteiger partial charge is 0.487 e. The average Bonchev–Trinajstić information content (AvgIpc) is 3.04. The second-order valence-corrected chi connectivity index (χ2v) is 8.86. The number of carbonyl (C=O) groups excluding carboxylic acids is 1. The van der Waals surface area contributed by atoms with E-state index in [1.807, 2.05) is 49.4 Å². The van der Waals surface area contributed by atoms with Crippen LogP contribution in [0.15, 0.2) is 69.6 Å². The second-order valence-electron chi connectivity index (χ2n) is 7.15. The van der Waals surface area contributed by atoms with E-state index >= 15 is 0 Å².